The van der Waals surface area contributed by atoms with Crippen LogP contribution in [0.1, 0.15) is 29.0 Å². The maximum Gasteiger partial charge on any atom is 0.238 e. The van der Waals surface area contributed by atoms with E-state index < -0.39 is 0 Å². The molecule has 0 N–H and O–H groups in total. The minimum atomic E-state index is -0.00523. The molecular formula is C58H36N4OS. The van der Waals surface area contributed by atoms with E-state index in [9.17, 15) is 0 Å². The maximum atomic E-state index is 6.70. The number of benzene rings is 9. The lowest BCUT2D eigenvalue weighted by Crippen LogP contribution is -2.10. The van der Waals surface area contributed by atoms with Crippen LogP contribution < -0.4 is 0 Å². The Morgan fingerprint density at radius 2 is 1.12 bits per heavy atom. The van der Waals surface area contributed by atoms with Gasteiger partial charge in [-0.2, -0.15) is 9.97 Å². The van der Waals surface area contributed by atoms with E-state index >= 15 is 0 Å². The summed E-state index contributed by atoms with van der Waals surface area (Å²) in [6.45, 7) is 0. The predicted octanol–water partition coefficient (Wildman–Crippen LogP) is 15.5. The SMILES string of the molecule is c1ccc2c(c1)-c1cc3ccccc3cc1CCC2c1c(-c2nc(-c3cccc4c3sc3ccccc34)nc(-n3c4ccccc4c4ccccc43)n2)ccc2oc3ccccc3c12. The summed E-state index contributed by atoms with van der Waals surface area (Å²) in [5.74, 6) is 1.85. The first-order valence-corrected chi connectivity index (χ1v) is 22.8. The quantitative estimate of drug-likeness (QED) is 0.177. The van der Waals surface area contributed by atoms with Gasteiger partial charge in [0.15, 0.2) is 11.6 Å². The van der Waals surface area contributed by atoms with E-state index in [2.05, 4.69) is 193 Å². The second-order valence-electron chi connectivity index (χ2n) is 17.0. The highest BCUT2D eigenvalue weighted by Crippen LogP contribution is 2.49. The summed E-state index contributed by atoms with van der Waals surface area (Å²) in [6.07, 6.45) is 1.81. The second-order valence-corrected chi connectivity index (χ2v) is 18.0. The second kappa shape index (κ2) is 13.8. The molecule has 0 saturated heterocycles. The van der Waals surface area contributed by atoms with Crippen LogP contribution in [0, 0.1) is 0 Å². The lowest BCUT2D eigenvalue weighted by atomic mass is 9.81. The van der Waals surface area contributed by atoms with E-state index in [0.29, 0.717) is 17.6 Å². The van der Waals surface area contributed by atoms with Gasteiger partial charge in [-0.1, -0.05) is 140 Å². The molecule has 64 heavy (non-hydrogen) atoms. The summed E-state index contributed by atoms with van der Waals surface area (Å²) in [5, 5.41) is 9.47. The van der Waals surface area contributed by atoms with Gasteiger partial charge in [0.2, 0.25) is 5.95 Å². The molecule has 4 aromatic heterocycles. The average molecular weight is 837 g/mol. The fourth-order valence-electron chi connectivity index (χ4n) is 10.7. The smallest absolute Gasteiger partial charge is 0.238 e. The Labute approximate surface area is 371 Å². The topological polar surface area (TPSA) is 56.7 Å². The third kappa shape index (κ3) is 5.27. The van der Waals surface area contributed by atoms with Crippen LogP contribution in [0.3, 0.4) is 0 Å². The third-order valence-corrected chi connectivity index (χ3v) is 14.7. The van der Waals surface area contributed by atoms with Crippen molar-refractivity contribution in [1.29, 1.82) is 0 Å². The van der Waals surface area contributed by atoms with Crippen LogP contribution in [0.4, 0.5) is 0 Å². The summed E-state index contributed by atoms with van der Waals surface area (Å²) in [4.78, 5) is 16.6. The first-order valence-electron chi connectivity index (χ1n) is 21.9. The molecule has 1 aliphatic rings. The van der Waals surface area contributed by atoms with Gasteiger partial charge in [0.05, 0.1) is 11.0 Å². The fraction of sp³-hybridized carbons (Fsp3) is 0.0517. The number of nitrogens with zero attached hydrogens (tertiary/aromatic N) is 4. The first-order chi connectivity index (χ1) is 31.7. The normalized spacial score (nSPS) is 14.0. The first kappa shape index (κ1) is 35.6. The zero-order chi connectivity index (χ0) is 41.9. The summed E-state index contributed by atoms with van der Waals surface area (Å²) in [5.41, 5.74) is 12.2. The van der Waals surface area contributed by atoms with Crippen molar-refractivity contribution in [2.45, 2.75) is 18.8 Å². The largest absolute Gasteiger partial charge is 0.456 e. The van der Waals surface area contributed by atoms with Crippen molar-refractivity contribution in [3.8, 4) is 39.9 Å². The zero-order valence-corrected chi connectivity index (χ0v) is 35.3. The van der Waals surface area contributed by atoms with Crippen molar-refractivity contribution in [3.05, 3.63) is 205 Å². The molecule has 300 valence electrons. The summed E-state index contributed by atoms with van der Waals surface area (Å²) < 4.78 is 11.3. The molecule has 0 amide bonds. The van der Waals surface area contributed by atoms with E-state index in [1.807, 2.05) is 0 Å². The van der Waals surface area contributed by atoms with Crippen molar-refractivity contribution in [2.75, 3.05) is 0 Å². The molecule has 0 radical (unpaired) electrons. The Morgan fingerprint density at radius 3 is 1.95 bits per heavy atom. The molecule has 13 aromatic rings. The van der Waals surface area contributed by atoms with Gasteiger partial charge >= 0.3 is 0 Å². The molecule has 9 aromatic carbocycles. The van der Waals surface area contributed by atoms with Gasteiger partial charge in [0, 0.05) is 58.8 Å². The van der Waals surface area contributed by atoms with Crippen LogP contribution in [0.15, 0.2) is 192 Å². The molecular weight excluding hydrogens is 801 g/mol. The minimum Gasteiger partial charge on any atom is -0.456 e. The zero-order valence-electron chi connectivity index (χ0n) is 34.5. The molecule has 1 unspecified atom stereocenters. The van der Waals surface area contributed by atoms with Crippen LogP contribution in [0.25, 0.3) is 115 Å². The van der Waals surface area contributed by atoms with E-state index in [4.69, 9.17) is 19.4 Å². The number of aryl methyl sites for hydroxylation is 1. The average Bonchev–Trinajstić information content (AvgIpc) is 4.00. The van der Waals surface area contributed by atoms with E-state index in [0.717, 1.165) is 72.4 Å². The molecule has 0 saturated carbocycles. The van der Waals surface area contributed by atoms with Crippen molar-refractivity contribution >= 4 is 86.0 Å². The fourth-order valence-corrected chi connectivity index (χ4v) is 11.9. The van der Waals surface area contributed by atoms with Gasteiger partial charge < -0.3 is 4.42 Å². The van der Waals surface area contributed by atoms with E-state index in [1.54, 1.807) is 11.3 Å². The Hall–Kier alpha value is -7.93. The van der Waals surface area contributed by atoms with Gasteiger partial charge in [-0.3, -0.25) is 4.57 Å². The van der Waals surface area contributed by atoms with Gasteiger partial charge in [-0.25, -0.2) is 4.98 Å². The maximum absolute atomic E-state index is 6.70. The standard InChI is InChI=1S/C58H36N4OS/c1-2-15-35-33-47-36(32-34(35)14-1)28-29-42(37-16-3-4-17-38(37)47)53-45(30-31-51-54(53)44-21-7-11-26-50(44)63-51)56-59-57(46-23-13-22-43-41-20-8-12-27-52(41)64-55(43)46)61-58(60-56)62-48-24-9-5-18-39(48)40-19-6-10-25-49(40)62/h1-27,30-33,42H,28-29H2. The van der Waals surface area contributed by atoms with E-state index in [-0.39, 0.29) is 5.92 Å². The summed E-state index contributed by atoms with van der Waals surface area (Å²) in [7, 11) is 0. The molecule has 0 bridgehead atoms. The number of fused-ring (bicyclic) bond motifs is 13. The molecule has 4 heterocycles. The van der Waals surface area contributed by atoms with Crippen molar-refractivity contribution in [3.63, 3.8) is 0 Å². The molecule has 0 aliphatic heterocycles. The van der Waals surface area contributed by atoms with Gasteiger partial charge in [-0.15, -0.1) is 11.3 Å². The van der Waals surface area contributed by atoms with Crippen molar-refractivity contribution < 1.29 is 4.42 Å². The van der Waals surface area contributed by atoms with Crippen LogP contribution in [0.5, 0.6) is 0 Å². The van der Waals surface area contributed by atoms with Crippen LogP contribution in [-0.4, -0.2) is 19.5 Å². The molecule has 14 rings (SSSR count). The highest BCUT2D eigenvalue weighted by atomic mass is 32.1. The number of aromatic nitrogens is 4. The predicted molar refractivity (Wildman–Crippen MR) is 265 cm³/mol. The summed E-state index contributed by atoms with van der Waals surface area (Å²) >= 11 is 1.79. The molecule has 6 heteroatoms. The monoisotopic (exact) mass is 836 g/mol. The van der Waals surface area contributed by atoms with Crippen molar-refractivity contribution in [2.24, 2.45) is 0 Å². The molecule has 1 atom stereocenters. The molecule has 0 spiro atoms. The van der Waals surface area contributed by atoms with Crippen LogP contribution >= 0.6 is 11.3 Å². The van der Waals surface area contributed by atoms with Crippen molar-refractivity contribution in [1.82, 2.24) is 19.5 Å². The van der Waals surface area contributed by atoms with E-state index in [1.165, 1.54) is 54.1 Å². The number of para-hydroxylation sites is 3. The number of hydrogen-bond acceptors (Lipinski definition) is 5. The van der Waals surface area contributed by atoms with Gasteiger partial charge in [-0.05, 0) is 100.0 Å². The van der Waals surface area contributed by atoms with Gasteiger partial charge in [0.25, 0.3) is 0 Å². The van der Waals surface area contributed by atoms with Crippen LogP contribution in [-0.2, 0) is 6.42 Å². The lowest BCUT2D eigenvalue weighted by Gasteiger charge is -2.23. The Kier molecular flexibility index (Phi) is 7.68. The number of hydrogen-bond donors (Lipinski definition) is 0. The summed E-state index contributed by atoms with van der Waals surface area (Å²) in [6, 6.07) is 67.6. The van der Waals surface area contributed by atoms with Gasteiger partial charge in [0.1, 0.15) is 11.2 Å². The number of rotatable bonds is 4. The lowest BCUT2D eigenvalue weighted by molar-refractivity contribution is 0.667. The number of thiophene rings is 1. The third-order valence-electron chi connectivity index (χ3n) is 13.5. The minimum absolute atomic E-state index is 0.00523. The Bertz CT molecular complexity index is 4010. The Balaban J connectivity index is 1.09. The number of furan rings is 1. The molecule has 1 aliphatic carbocycles. The highest BCUT2D eigenvalue weighted by molar-refractivity contribution is 7.26. The molecule has 5 nitrogen and oxygen atoms in total. The molecule has 0 fully saturated rings. The highest BCUT2D eigenvalue weighted by Gasteiger charge is 2.31. The Morgan fingerprint density at radius 1 is 0.484 bits per heavy atom. The van der Waals surface area contributed by atoms with Crippen LogP contribution in [0.2, 0.25) is 0 Å².